The highest BCUT2D eigenvalue weighted by molar-refractivity contribution is 7.99. The number of thiocarbonyl (C=S) groups is 1. The fraction of sp³-hybridized carbons (Fsp3) is 0.368. The molecule has 1 saturated heterocycles. The van der Waals surface area contributed by atoms with E-state index in [1.165, 1.54) is 30.8 Å². The SMILES string of the molecule is CC(=O)NCC(C)(C(=S)OCCN1CCN(CCCN2c3ccccc3Sc3ccc(C(F)(F)F)cc32)CC1)c1ccc2ccccc2c1. The maximum absolute atomic E-state index is 13.6. The fourth-order valence-corrected chi connectivity index (χ4v) is 7.84. The first kappa shape index (κ1) is 35.2. The Kier molecular flexibility index (Phi) is 10.8. The summed E-state index contributed by atoms with van der Waals surface area (Å²) in [4.78, 5) is 20.6. The second-order valence-electron chi connectivity index (χ2n) is 12.9. The van der Waals surface area contributed by atoms with E-state index in [0.29, 0.717) is 30.4 Å². The molecule has 1 N–H and O–H groups in total. The van der Waals surface area contributed by atoms with Crippen LogP contribution in [0.4, 0.5) is 24.5 Å². The summed E-state index contributed by atoms with van der Waals surface area (Å²) in [6.45, 7) is 10.1. The van der Waals surface area contributed by atoms with Crippen molar-refractivity contribution in [2.45, 2.75) is 41.7 Å². The number of amides is 1. The van der Waals surface area contributed by atoms with Gasteiger partial charge in [0, 0.05) is 62.5 Å². The van der Waals surface area contributed by atoms with Crippen LogP contribution in [-0.2, 0) is 21.1 Å². The lowest BCUT2D eigenvalue weighted by atomic mass is 9.82. The number of piperazine rings is 1. The van der Waals surface area contributed by atoms with Crippen LogP contribution in [0.25, 0.3) is 10.8 Å². The third-order valence-corrected chi connectivity index (χ3v) is 11.1. The van der Waals surface area contributed by atoms with Gasteiger partial charge in [0.05, 0.1) is 22.4 Å². The Balaban J connectivity index is 1.00. The largest absolute Gasteiger partial charge is 0.485 e. The van der Waals surface area contributed by atoms with Gasteiger partial charge >= 0.3 is 6.18 Å². The fourth-order valence-electron chi connectivity index (χ4n) is 6.49. The Morgan fingerprint density at radius 1 is 0.816 bits per heavy atom. The minimum Gasteiger partial charge on any atom is -0.485 e. The number of carbonyl (C=O) groups excluding carboxylic acids is 1. The Hall–Kier alpha value is -3.64. The van der Waals surface area contributed by atoms with Gasteiger partial charge in [-0.15, -0.1) is 0 Å². The highest BCUT2D eigenvalue weighted by atomic mass is 32.2. The van der Waals surface area contributed by atoms with Gasteiger partial charge in [-0.05, 0) is 78.8 Å². The first-order chi connectivity index (χ1) is 23.5. The number of nitrogens with zero attached hydrogens (tertiary/aromatic N) is 3. The van der Waals surface area contributed by atoms with Crippen molar-refractivity contribution in [2.24, 2.45) is 0 Å². The number of ether oxygens (including phenoxy) is 1. The van der Waals surface area contributed by atoms with E-state index in [1.54, 1.807) is 6.07 Å². The molecular formula is C38H41F3N4O2S2. The number of alkyl halides is 3. The number of benzene rings is 4. The topological polar surface area (TPSA) is 48.1 Å². The summed E-state index contributed by atoms with van der Waals surface area (Å²) in [5.41, 5.74) is 1.27. The van der Waals surface area contributed by atoms with Crippen LogP contribution in [0.15, 0.2) is 94.7 Å². The summed E-state index contributed by atoms with van der Waals surface area (Å²) >= 11 is 7.37. The molecule has 0 aliphatic carbocycles. The molecule has 49 heavy (non-hydrogen) atoms. The molecule has 1 atom stereocenters. The van der Waals surface area contributed by atoms with E-state index in [-0.39, 0.29) is 5.91 Å². The zero-order valence-corrected chi connectivity index (χ0v) is 29.4. The van der Waals surface area contributed by atoms with Crippen LogP contribution in [0.5, 0.6) is 0 Å². The number of para-hydroxylation sites is 1. The van der Waals surface area contributed by atoms with Crippen molar-refractivity contribution in [1.82, 2.24) is 15.1 Å². The molecule has 1 fully saturated rings. The predicted molar refractivity (Wildman–Crippen MR) is 195 cm³/mol. The molecular weight excluding hydrogens is 666 g/mol. The molecule has 258 valence electrons. The normalized spacial score (nSPS) is 16.5. The molecule has 0 saturated carbocycles. The highest BCUT2D eigenvalue weighted by Gasteiger charge is 2.35. The average Bonchev–Trinajstić information content (AvgIpc) is 3.10. The summed E-state index contributed by atoms with van der Waals surface area (Å²) in [6.07, 6.45) is -3.56. The van der Waals surface area contributed by atoms with Crippen LogP contribution in [-0.4, -0.2) is 79.7 Å². The van der Waals surface area contributed by atoms with Gasteiger partial charge < -0.3 is 19.9 Å². The summed E-state index contributed by atoms with van der Waals surface area (Å²) in [7, 11) is 0. The van der Waals surface area contributed by atoms with Crippen molar-refractivity contribution in [2.75, 3.05) is 63.9 Å². The zero-order valence-electron chi connectivity index (χ0n) is 27.8. The smallest absolute Gasteiger partial charge is 0.416 e. The predicted octanol–water partition coefficient (Wildman–Crippen LogP) is 7.91. The Labute approximate surface area is 295 Å². The molecule has 0 aromatic heterocycles. The quantitative estimate of drug-likeness (QED) is 0.159. The Bertz CT molecular complexity index is 1810. The molecule has 6 nitrogen and oxygen atoms in total. The summed E-state index contributed by atoms with van der Waals surface area (Å²) < 4.78 is 47.0. The maximum Gasteiger partial charge on any atom is 0.416 e. The third-order valence-electron chi connectivity index (χ3n) is 9.44. The van der Waals surface area contributed by atoms with Crippen LogP contribution in [0.3, 0.4) is 0 Å². The van der Waals surface area contributed by atoms with Crippen molar-refractivity contribution in [3.05, 3.63) is 96.1 Å². The number of carbonyl (C=O) groups is 1. The third kappa shape index (κ3) is 8.23. The number of fused-ring (bicyclic) bond motifs is 3. The summed E-state index contributed by atoms with van der Waals surface area (Å²) in [6, 6.07) is 26.4. The van der Waals surface area contributed by atoms with Crippen molar-refractivity contribution in [3.8, 4) is 0 Å². The summed E-state index contributed by atoms with van der Waals surface area (Å²) in [5.74, 6) is -0.118. The van der Waals surface area contributed by atoms with E-state index in [9.17, 15) is 18.0 Å². The van der Waals surface area contributed by atoms with Crippen molar-refractivity contribution < 1.29 is 22.7 Å². The number of anilines is 2. The lowest BCUT2D eigenvalue weighted by molar-refractivity contribution is -0.137. The molecule has 4 aromatic carbocycles. The van der Waals surface area contributed by atoms with Crippen LogP contribution in [0, 0.1) is 0 Å². The molecule has 4 aromatic rings. The van der Waals surface area contributed by atoms with Crippen molar-refractivity contribution >= 4 is 57.1 Å². The molecule has 2 heterocycles. The standard InChI is InChI=1S/C38H41F3N4O2S2/c1-27(46)42-26-37(2,30-13-12-28-8-3-4-9-29(28)24-30)36(48)47-23-22-44-20-18-43(19-21-44)16-7-17-45-32-10-5-6-11-34(32)49-35-15-14-31(25-33(35)45)38(39,40)41/h3-6,8-15,24-25H,7,16-23,26H2,1-2H3,(H,42,46). The minimum atomic E-state index is -4.39. The molecule has 1 unspecified atom stereocenters. The molecule has 6 rings (SSSR count). The first-order valence-electron chi connectivity index (χ1n) is 16.6. The van der Waals surface area contributed by atoms with Crippen molar-refractivity contribution in [1.29, 1.82) is 0 Å². The van der Waals surface area contributed by atoms with Gasteiger partial charge in [0.2, 0.25) is 5.91 Å². The number of hydrogen-bond acceptors (Lipinski definition) is 7. The van der Waals surface area contributed by atoms with Gasteiger partial charge in [-0.1, -0.05) is 66.4 Å². The molecule has 2 aliphatic heterocycles. The van der Waals surface area contributed by atoms with E-state index in [0.717, 1.165) is 77.5 Å². The summed E-state index contributed by atoms with van der Waals surface area (Å²) in [5, 5.41) is 5.64. The molecule has 0 bridgehead atoms. The van der Waals surface area contributed by atoms with E-state index < -0.39 is 17.2 Å². The molecule has 11 heteroatoms. The zero-order chi connectivity index (χ0) is 34.6. The van der Waals surface area contributed by atoms with Crippen LogP contribution < -0.4 is 10.2 Å². The monoisotopic (exact) mass is 706 g/mol. The van der Waals surface area contributed by atoms with E-state index in [2.05, 4.69) is 45.4 Å². The van der Waals surface area contributed by atoms with E-state index in [1.807, 2.05) is 48.2 Å². The lowest BCUT2D eigenvalue weighted by Gasteiger charge is -2.36. The number of nitrogens with one attached hydrogen (secondary N) is 1. The first-order valence-corrected chi connectivity index (χ1v) is 17.8. The Morgan fingerprint density at radius 2 is 1.47 bits per heavy atom. The van der Waals surface area contributed by atoms with Crippen LogP contribution in [0.1, 0.15) is 31.4 Å². The molecule has 1 amide bonds. The minimum absolute atomic E-state index is 0.118. The number of rotatable bonds is 11. The highest BCUT2D eigenvalue weighted by Crippen LogP contribution is 2.49. The maximum atomic E-state index is 13.6. The second kappa shape index (κ2) is 15.1. The van der Waals surface area contributed by atoms with Crippen LogP contribution >= 0.6 is 24.0 Å². The van der Waals surface area contributed by atoms with E-state index in [4.69, 9.17) is 17.0 Å². The molecule has 0 radical (unpaired) electrons. The Morgan fingerprint density at radius 3 is 2.20 bits per heavy atom. The van der Waals surface area contributed by atoms with Gasteiger partial charge in [-0.3, -0.25) is 9.69 Å². The van der Waals surface area contributed by atoms with Gasteiger partial charge in [0.15, 0.2) is 5.05 Å². The number of halogens is 3. The second-order valence-corrected chi connectivity index (χ2v) is 14.3. The lowest BCUT2D eigenvalue weighted by Crippen LogP contribution is -2.48. The number of hydrogen-bond donors (Lipinski definition) is 1. The van der Waals surface area contributed by atoms with Gasteiger partial charge in [-0.25, -0.2) is 0 Å². The van der Waals surface area contributed by atoms with E-state index >= 15 is 0 Å². The van der Waals surface area contributed by atoms with Gasteiger partial charge in [-0.2, -0.15) is 13.2 Å². The molecule has 0 spiro atoms. The molecule has 2 aliphatic rings. The average molecular weight is 707 g/mol. The van der Waals surface area contributed by atoms with Crippen molar-refractivity contribution in [3.63, 3.8) is 0 Å². The van der Waals surface area contributed by atoms with Crippen LogP contribution in [0.2, 0.25) is 0 Å². The van der Waals surface area contributed by atoms with Gasteiger partial charge in [0.25, 0.3) is 0 Å². The van der Waals surface area contributed by atoms with Gasteiger partial charge in [0.1, 0.15) is 6.61 Å².